The van der Waals surface area contributed by atoms with Crippen LogP contribution in [-0.2, 0) is 0 Å². The second-order valence-electron chi connectivity index (χ2n) is 4.75. The van der Waals surface area contributed by atoms with E-state index in [-0.39, 0.29) is 0 Å². The van der Waals surface area contributed by atoms with Crippen LogP contribution in [0.5, 0.6) is 0 Å². The van der Waals surface area contributed by atoms with Crippen LogP contribution in [0, 0.1) is 6.92 Å². The molecule has 0 bridgehead atoms. The minimum atomic E-state index is 0.353. The monoisotopic (exact) mass is 266 g/mol. The van der Waals surface area contributed by atoms with Crippen LogP contribution in [-0.4, -0.2) is 46.5 Å². The maximum atomic E-state index is 4.67. The Hall–Kier alpha value is -0.810. The minimum absolute atomic E-state index is 0.353. The van der Waals surface area contributed by atoms with Gasteiger partial charge in [-0.05, 0) is 20.4 Å². The van der Waals surface area contributed by atoms with E-state index in [2.05, 4.69) is 34.2 Å². The van der Waals surface area contributed by atoms with Gasteiger partial charge in [0.15, 0.2) is 0 Å². The number of hydrogen-bond acceptors (Lipinski definition) is 5. The fourth-order valence-electron chi connectivity index (χ4n) is 2.04. The maximum Gasteiger partial charge on any atom is 0.148 e. The highest BCUT2D eigenvalue weighted by Crippen LogP contribution is 2.26. The number of anilines is 1. The SMILES string of the molecule is CCCNc1cc(C)nc(C2CSCCN2C)n1. The molecular weight excluding hydrogens is 244 g/mol. The van der Waals surface area contributed by atoms with Crippen LogP contribution in [0.3, 0.4) is 0 Å². The molecule has 100 valence electrons. The summed E-state index contributed by atoms with van der Waals surface area (Å²) in [6, 6.07) is 2.38. The van der Waals surface area contributed by atoms with Gasteiger partial charge in [0.2, 0.25) is 0 Å². The van der Waals surface area contributed by atoms with E-state index in [1.807, 2.05) is 24.8 Å². The van der Waals surface area contributed by atoms with Crippen LogP contribution in [0.25, 0.3) is 0 Å². The number of rotatable bonds is 4. The van der Waals surface area contributed by atoms with Crippen molar-refractivity contribution < 1.29 is 0 Å². The van der Waals surface area contributed by atoms with Crippen molar-refractivity contribution in [2.45, 2.75) is 26.3 Å². The molecule has 4 nitrogen and oxygen atoms in total. The van der Waals surface area contributed by atoms with Gasteiger partial charge in [0.05, 0.1) is 6.04 Å². The Bertz CT molecular complexity index is 397. The highest BCUT2D eigenvalue weighted by atomic mass is 32.2. The summed E-state index contributed by atoms with van der Waals surface area (Å²) in [6.07, 6.45) is 1.11. The quantitative estimate of drug-likeness (QED) is 0.906. The lowest BCUT2D eigenvalue weighted by Gasteiger charge is -2.31. The van der Waals surface area contributed by atoms with Gasteiger partial charge < -0.3 is 5.32 Å². The van der Waals surface area contributed by atoms with Crippen molar-refractivity contribution in [1.29, 1.82) is 0 Å². The number of aromatic nitrogens is 2. The first-order valence-electron chi connectivity index (χ1n) is 6.58. The van der Waals surface area contributed by atoms with Crippen LogP contribution >= 0.6 is 11.8 Å². The molecule has 1 N–H and O–H groups in total. The Morgan fingerprint density at radius 1 is 1.50 bits per heavy atom. The Morgan fingerprint density at radius 3 is 3.06 bits per heavy atom. The molecule has 0 aromatic carbocycles. The first-order valence-corrected chi connectivity index (χ1v) is 7.73. The summed E-state index contributed by atoms with van der Waals surface area (Å²) in [5.74, 6) is 4.22. The smallest absolute Gasteiger partial charge is 0.148 e. The summed E-state index contributed by atoms with van der Waals surface area (Å²) in [5.41, 5.74) is 1.04. The number of nitrogens with zero attached hydrogens (tertiary/aromatic N) is 3. The van der Waals surface area contributed by atoms with Crippen LogP contribution in [0.15, 0.2) is 6.07 Å². The van der Waals surface area contributed by atoms with Gasteiger partial charge >= 0.3 is 0 Å². The first-order chi connectivity index (χ1) is 8.70. The average Bonchev–Trinajstić information content (AvgIpc) is 2.36. The van der Waals surface area contributed by atoms with E-state index in [4.69, 9.17) is 0 Å². The van der Waals surface area contributed by atoms with Gasteiger partial charge in [0.25, 0.3) is 0 Å². The summed E-state index contributed by atoms with van der Waals surface area (Å²) >= 11 is 1.99. The highest BCUT2D eigenvalue weighted by molar-refractivity contribution is 7.99. The van der Waals surface area contributed by atoms with Gasteiger partial charge in [-0.1, -0.05) is 6.92 Å². The number of nitrogens with one attached hydrogen (secondary N) is 1. The van der Waals surface area contributed by atoms with Crippen LogP contribution in [0.4, 0.5) is 5.82 Å². The van der Waals surface area contributed by atoms with Crippen molar-refractivity contribution in [3.8, 4) is 0 Å². The topological polar surface area (TPSA) is 41.1 Å². The van der Waals surface area contributed by atoms with Crippen molar-refractivity contribution in [3.63, 3.8) is 0 Å². The molecule has 1 unspecified atom stereocenters. The lowest BCUT2D eigenvalue weighted by Crippen LogP contribution is -2.34. The summed E-state index contributed by atoms with van der Waals surface area (Å²) in [5, 5.41) is 3.35. The van der Waals surface area contributed by atoms with E-state index in [0.717, 1.165) is 42.6 Å². The zero-order chi connectivity index (χ0) is 13.0. The summed E-state index contributed by atoms with van der Waals surface area (Å²) in [4.78, 5) is 11.6. The predicted octanol–water partition coefficient (Wildman–Crippen LogP) is 2.33. The van der Waals surface area contributed by atoms with E-state index >= 15 is 0 Å². The van der Waals surface area contributed by atoms with E-state index in [1.165, 1.54) is 5.75 Å². The third-order valence-electron chi connectivity index (χ3n) is 3.12. The molecule has 0 amide bonds. The molecule has 0 radical (unpaired) electrons. The van der Waals surface area contributed by atoms with E-state index in [0.29, 0.717) is 6.04 Å². The normalized spacial score (nSPS) is 20.9. The van der Waals surface area contributed by atoms with Crippen molar-refractivity contribution >= 4 is 17.6 Å². The molecule has 0 spiro atoms. The van der Waals surface area contributed by atoms with Crippen molar-refractivity contribution in [2.24, 2.45) is 0 Å². The van der Waals surface area contributed by atoms with Gasteiger partial charge in [-0.25, -0.2) is 9.97 Å². The average molecular weight is 266 g/mol. The standard InChI is InChI=1S/C13H22N4S/c1-4-5-14-12-8-10(2)15-13(16-12)11-9-18-7-6-17(11)3/h8,11H,4-7,9H2,1-3H3,(H,14,15,16). The molecule has 5 heteroatoms. The molecule has 1 aromatic rings. The van der Waals surface area contributed by atoms with Gasteiger partial charge in [-0.3, -0.25) is 4.90 Å². The summed E-state index contributed by atoms with van der Waals surface area (Å²) in [6.45, 7) is 6.28. The lowest BCUT2D eigenvalue weighted by molar-refractivity contribution is 0.264. The van der Waals surface area contributed by atoms with Gasteiger partial charge in [-0.2, -0.15) is 11.8 Å². The molecule has 0 saturated carbocycles. The molecule has 2 rings (SSSR count). The van der Waals surface area contributed by atoms with Crippen LogP contribution in [0.1, 0.15) is 30.9 Å². The number of thioether (sulfide) groups is 1. The Morgan fingerprint density at radius 2 is 2.33 bits per heavy atom. The minimum Gasteiger partial charge on any atom is -0.370 e. The van der Waals surface area contributed by atoms with Gasteiger partial charge in [0, 0.05) is 36.4 Å². The van der Waals surface area contributed by atoms with Crippen molar-refractivity contribution in [3.05, 3.63) is 17.6 Å². The van der Waals surface area contributed by atoms with Crippen LogP contribution < -0.4 is 5.32 Å². The van der Waals surface area contributed by atoms with E-state index in [9.17, 15) is 0 Å². The summed E-state index contributed by atoms with van der Waals surface area (Å²) < 4.78 is 0. The van der Waals surface area contributed by atoms with Gasteiger partial charge in [0.1, 0.15) is 11.6 Å². The first kappa shape index (κ1) is 13.6. The number of aryl methyl sites for hydroxylation is 1. The number of hydrogen-bond donors (Lipinski definition) is 1. The zero-order valence-corrected chi connectivity index (χ0v) is 12.3. The van der Waals surface area contributed by atoms with Crippen molar-refractivity contribution in [2.75, 3.05) is 37.0 Å². The van der Waals surface area contributed by atoms with Gasteiger partial charge in [-0.15, -0.1) is 0 Å². The molecular formula is C13H22N4S. The Labute approximate surface area is 114 Å². The molecule has 1 fully saturated rings. The molecule has 2 heterocycles. The fraction of sp³-hybridized carbons (Fsp3) is 0.692. The molecule has 1 atom stereocenters. The van der Waals surface area contributed by atoms with E-state index < -0.39 is 0 Å². The second kappa shape index (κ2) is 6.38. The third-order valence-corrected chi connectivity index (χ3v) is 4.14. The Balaban J connectivity index is 2.18. The lowest BCUT2D eigenvalue weighted by atomic mass is 10.2. The molecule has 1 aliphatic heterocycles. The summed E-state index contributed by atoms with van der Waals surface area (Å²) in [7, 11) is 2.16. The van der Waals surface area contributed by atoms with E-state index in [1.54, 1.807) is 0 Å². The molecule has 1 aliphatic rings. The largest absolute Gasteiger partial charge is 0.370 e. The zero-order valence-electron chi connectivity index (χ0n) is 11.4. The Kier molecular flexibility index (Phi) is 4.83. The van der Waals surface area contributed by atoms with Crippen molar-refractivity contribution in [1.82, 2.24) is 14.9 Å². The fourth-order valence-corrected chi connectivity index (χ4v) is 3.25. The molecule has 1 aromatic heterocycles. The predicted molar refractivity (Wildman–Crippen MR) is 78.2 cm³/mol. The van der Waals surface area contributed by atoms with Crippen LogP contribution in [0.2, 0.25) is 0 Å². The second-order valence-corrected chi connectivity index (χ2v) is 5.90. The maximum absolute atomic E-state index is 4.67. The highest BCUT2D eigenvalue weighted by Gasteiger charge is 2.24. The third kappa shape index (κ3) is 3.36. The molecule has 18 heavy (non-hydrogen) atoms. The molecule has 0 aliphatic carbocycles. The molecule has 1 saturated heterocycles.